The molecule has 2 unspecified atom stereocenters. The van der Waals surface area contributed by atoms with Gasteiger partial charge in [-0.25, -0.2) is 0 Å². The highest BCUT2D eigenvalue weighted by atomic mass is 16.2. The minimum atomic E-state index is -0.308. The highest BCUT2D eigenvalue weighted by Gasteiger charge is 2.44. The lowest BCUT2D eigenvalue weighted by Gasteiger charge is -2.33. The molecule has 1 aromatic rings. The summed E-state index contributed by atoms with van der Waals surface area (Å²) < 4.78 is 0. The zero-order chi connectivity index (χ0) is 17.8. The fraction of sp³-hybridized carbons (Fsp3) is 0.650. The summed E-state index contributed by atoms with van der Waals surface area (Å²) in [5.41, 5.74) is 0.945. The van der Waals surface area contributed by atoms with Crippen LogP contribution in [0.15, 0.2) is 24.5 Å². The molecule has 2 fully saturated rings. The van der Waals surface area contributed by atoms with Crippen LogP contribution < -0.4 is 0 Å². The molecule has 25 heavy (non-hydrogen) atoms. The molecule has 0 spiro atoms. The monoisotopic (exact) mass is 343 g/mol. The van der Waals surface area contributed by atoms with Gasteiger partial charge in [0.25, 0.3) is 0 Å². The van der Waals surface area contributed by atoms with E-state index in [9.17, 15) is 9.59 Å². The molecule has 0 bridgehead atoms. The van der Waals surface area contributed by atoms with E-state index in [0.717, 1.165) is 18.4 Å². The molecule has 2 atom stereocenters. The van der Waals surface area contributed by atoms with Gasteiger partial charge in [0.1, 0.15) is 0 Å². The van der Waals surface area contributed by atoms with Crippen LogP contribution in [0, 0.1) is 5.92 Å². The van der Waals surface area contributed by atoms with Gasteiger partial charge in [0.05, 0.1) is 12.0 Å². The minimum absolute atomic E-state index is 0.0401. The normalized spacial score (nSPS) is 25.5. The Morgan fingerprint density at radius 1 is 1.20 bits per heavy atom. The largest absolute Gasteiger partial charge is 0.342 e. The summed E-state index contributed by atoms with van der Waals surface area (Å²) >= 11 is 0. The van der Waals surface area contributed by atoms with Crippen LogP contribution in [0.5, 0.6) is 0 Å². The summed E-state index contributed by atoms with van der Waals surface area (Å²) in [7, 11) is 3.72. The van der Waals surface area contributed by atoms with Crippen LogP contribution in [0.4, 0.5) is 0 Å². The van der Waals surface area contributed by atoms with Crippen LogP contribution >= 0.6 is 0 Å². The van der Waals surface area contributed by atoms with Gasteiger partial charge in [-0.1, -0.05) is 38.2 Å². The highest BCUT2D eigenvalue weighted by molar-refractivity contribution is 5.90. The van der Waals surface area contributed by atoms with E-state index in [1.54, 1.807) is 24.3 Å². The van der Waals surface area contributed by atoms with Crippen molar-refractivity contribution in [3.8, 4) is 0 Å². The molecular weight excluding hydrogens is 314 g/mol. The molecule has 2 heterocycles. The minimum Gasteiger partial charge on any atom is -0.342 e. The van der Waals surface area contributed by atoms with Crippen LogP contribution in [0.1, 0.15) is 63.0 Å². The van der Waals surface area contributed by atoms with E-state index in [2.05, 4.69) is 4.98 Å². The average Bonchev–Trinajstić information content (AvgIpc) is 2.89. The van der Waals surface area contributed by atoms with Gasteiger partial charge in [0, 0.05) is 39.0 Å². The van der Waals surface area contributed by atoms with Crippen LogP contribution in [0.2, 0.25) is 0 Å². The van der Waals surface area contributed by atoms with E-state index >= 15 is 0 Å². The number of hydrogen-bond donors (Lipinski definition) is 0. The molecule has 5 nitrogen and oxygen atoms in total. The van der Waals surface area contributed by atoms with E-state index in [4.69, 9.17) is 0 Å². The first-order valence-corrected chi connectivity index (χ1v) is 9.52. The maximum Gasteiger partial charge on any atom is 0.228 e. The van der Waals surface area contributed by atoms with Gasteiger partial charge in [-0.3, -0.25) is 14.6 Å². The van der Waals surface area contributed by atoms with Crippen molar-refractivity contribution in [1.82, 2.24) is 14.8 Å². The Morgan fingerprint density at radius 3 is 2.52 bits per heavy atom. The number of carbonyl (C=O) groups is 2. The summed E-state index contributed by atoms with van der Waals surface area (Å²) in [5, 5.41) is 0. The lowest BCUT2D eigenvalue weighted by molar-refractivity contribution is -0.137. The maximum absolute atomic E-state index is 13.2. The van der Waals surface area contributed by atoms with Crippen LogP contribution in [-0.2, 0) is 9.59 Å². The predicted octanol–water partition coefficient (Wildman–Crippen LogP) is 3.17. The van der Waals surface area contributed by atoms with Gasteiger partial charge in [0.15, 0.2) is 0 Å². The number of hydrogen-bond acceptors (Lipinski definition) is 3. The van der Waals surface area contributed by atoms with Crippen LogP contribution in [-0.4, -0.2) is 46.7 Å². The van der Waals surface area contributed by atoms with E-state index in [1.165, 1.54) is 32.1 Å². The third-order valence-electron chi connectivity index (χ3n) is 5.90. The van der Waals surface area contributed by atoms with Gasteiger partial charge < -0.3 is 9.80 Å². The molecule has 1 saturated heterocycles. The summed E-state index contributed by atoms with van der Waals surface area (Å²) in [6.45, 7) is 0. The van der Waals surface area contributed by atoms with Crippen molar-refractivity contribution < 1.29 is 9.59 Å². The molecule has 1 saturated carbocycles. The van der Waals surface area contributed by atoms with E-state index in [1.807, 2.05) is 24.1 Å². The first-order chi connectivity index (χ1) is 12.1. The molecule has 3 rings (SSSR count). The molecule has 1 aromatic heterocycles. The molecule has 0 N–H and O–H groups in total. The summed E-state index contributed by atoms with van der Waals surface area (Å²) in [6, 6.07) is 3.93. The molecule has 1 aliphatic heterocycles. The van der Waals surface area contributed by atoms with Crippen molar-refractivity contribution in [2.45, 2.75) is 63.5 Å². The maximum atomic E-state index is 13.2. The molecule has 5 heteroatoms. The average molecular weight is 343 g/mol. The lowest BCUT2D eigenvalue weighted by atomic mass is 9.91. The number of likely N-dealkylation sites (tertiary alicyclic amines) is 1. The molecule has 136 valence electrons. The SMILES string of the molecule is CN(C(=O)C1CC(=O)N(C)C1c1cccnc1)C1CCCCCCC1. The van der Waals surface area contributed by atoms with Gasteiger partial charge >= 0.3 is 0 Å². The standard InChI is InChI=1S/C20H29N3O2/c1-22(16-10-6-4-3-5-7-11-16)20(25)17-13-18(24)23(2)19(17)15-9-8-12-21-14-15/h8-9,12,14,16-17,19H,3-7,10-11,13H2,1-2H3. The first kappa shape index (κ1) is 17.9. The topological polar surface area (TPSA) is 53.5 Å². The smallest absolute Gasteiger partial charge is 0.228 e. The second-order valence-electron chi connectivity index (χ2n) is 7.49. The fourth-order valence-corrected chi connectivity index (χ4v) is 4.36. The Labute approximate surface area is 150 Å². The highest BCUT2D eigenvalue weighted by Crippen LogP contribution is 2.38. The Balaban J connectivity index is 1.77. The summed E-state index contributed by atoms with van der Waals surface area (Å²) in [5.74, 6) is -0.160. The number of amides is 2. The molecule has 0 radical (unpaired) electrons. The zero-order valence-electron chi connectivity index (χ0n) is 15.4. The third kappa shape index (κ3) is 3.86. The predicted molar refractivity (Wildman–Crippen MR) is 96.7 cm³/mol. The molecule has 0 aromatic carbocycles. The van der Waals surface area contributed by atoms with Crippen molar-refractivity contribution in [3.63, 3.8) is 0 Å². The fourth-order valence-electron chi connectivity index (χ4n) is 4.36. The second-order valence-corrected chi connectivity index (χ2v) is 7.49. The number of rotatable bonds is 3. The molecular formula is C20H29N3O2. The van der Waals surface area contributed by atoms with Crippen molar-refractivity contribution >= 4 is 11.8 Å². The molecule has 2 amide bonds. The van der Waals surface area contributed by atoms with Crippen LogP contribution in [0.3, 0.4) is 0 Å². The Hall–Kier alpha value is -1.91. The van der Waals surface area contributed by atoms with Gasteiger partial charge in [-0.2, -0.15) is 0 Å². The van der Waals surface area contributed by atoms with E-state index in [-0.39, 0.29) is 23.8 Å². The van der Waals surface area contributed by atoms with Crippen molar-refractivity contribution in [2.24, 2.45) is 5.92 Å². The summed E-state index contributed by atoms with van der Waals surface area (Å²) in [4.78, 5) is 33.4. The van der Waals surface area contributed by atoms with Crippen molar-refractivity contribution in [1.29, 1.82) is 0 Å². The quantitative estimate of drug-likeness (QED) is 0.847. The number of nitrogens with zero attached hydrogens (tertiary/aromatic N) is 3. The van der Waals surface area contributed by atoms with Crippen LogP contribution in [0.25, 0.3) is 0 Å². The molecule has 2 aliphatic rings. The zero-order valence-corrected chi connectivity index (χ0v) is 15.4. The van der Waals surface area contributed by atoms with E-state index < -0.39 is 0 Å². The first-order valence-electron chi connectivity index (χ1n) is 9.52. The Bertz CT molecular complexity index is 596. The van der Waals surface area contributed by atoms with Crippen molar-refractivity contribution in [3.05, 3.63) is 30.1 Å². The summed E-state index contributed by atoms with van der Waals surface area (Å²) in [6.07, 6.45) is 12.2. The Kier molecular flexibility index (Phi) is 5.71. The lowest BCUT2D eigenvalue weighted by Crippen LogP contribution is -2.42. The Morgan fingerprint density at radius 2 is 1.88 bits per heavy atom. The van der Waals surface area contributed by atoms with Crippen molar-refractivity contribution in [2.75, 3.05) is 14.1 Å². The van der Waals surface area contributed by atoms with Gasteiger partial charge in [-0.05, 0) is 24.5 Å². The van der Waals surface area contributed by atoms with E-state index in [0.29, 0.717) is 12.5 Å². The molecule has 1 aliphatic carbocycles. The second kappa shape index (κ2) is 7.98. The number of aromatic nitrogens is 1. The number of carbonyl (C=O) groups excluding carboxylic acids is 2. The van der Waals surface area contributed by atoms with Gasteiger partial charge in [-0.15, -0.1) is 0 Å². The van der Waals surface area contributed by atoms with Gasteiger partial charge in [0.2, 0.25) is 11.8 Å². The third-order valence-corrected chi connectivity index (χ3v) is 5.90. The number of pyridine rings is 1.